The highest BCUT2D eigenvalue weighted by Crippen LogP contribution is 2.43. The number of Topliss-reactive ketones (excluding diaryl/α,β-unsaturated/α-hetero) is 1. The van der Waals surface area contributed by atoms with E-state index in [1.165, 1.54) is 11.0 Å². The lowest BCUT2D eigenvalue weighted by atomic mass is 9.86. The Kier molecular flexibility index (Phi) is 9.81. The molecule has 1 aliphatic rings. The van der Waals surface area contributed by atoms with Crippen molar-refractivity contribution in [2.75, 3.05) is 13.2 Å². The smallest absolute Gasteiger partial charge is 0.419 e. The minimum Gasteiger partial charge on any atom is -0.493 e. The molecule has 1 atom stereocenters. The van der Waals surface area contributed by atoms with Gasteiger partial charge in [-0.25, -0.2) is 4.79 Å². The van der Waals surface area contributed by atoms with Gasteiger partial charge in [-0.05, 0) is 75.3 Å². The molecular formula is C27H38F3NO4. The summed E-state index contributed by atoms with van der Waals surface area (Å²) < 4.78 is 52.6. The second-order valence-corrected chi connectivity index (χ2v) is 10.0. The van der Waals surface area contributed by atoms with Crippen LogP contribution in [0.4, 0.5) is 18.0 Å². The first-order valence-electron chi connectivity index (χ1n) is 12.4. The lowest BCUT2D eigenvalue weighted by molar-refractivity contribution is -0.139. The van der Waals surface area contributed by atoms with Crippen LogP contribution in [-0.2, 0) is 22.1 Å². The van der Waals surface area contributed by atoms with Crippen molar-refractivity contribution in [2.45, 2.75) is 97.4 Å². The molecule has 0 aliphatic carbocycles. The molecule has 35 heavy (non-hydrogen) atoms. The van der Waals surface area contributed by atoms with Crippen LogP contribution in [0, 0.1) is 0 Å². The SMILES string of the molecule is C=C(CCCC)C(=O)C[C@H]1c2cc(OCCCC)c(C(F)(F)F)cc2CCN1C(=O)OC(C)(C)C. The number of hydrogen-bond acceptors (Lipinski definition) is 4. The molecule has 1 aliphatic heterocycles. The summed E-state index contributed by atoms with van der Waals surface area (Å²) in [5.74, 6) is -0.490. The average Bonchev–Trinajstić information content (AvgIpc) is 2.75. The number of fused-ring (bicyclic) bond motifs is 1. The lowest BCUT2D eigenvalue weighted by Crippen LogP contribution is -2.44. The van der Waals surface area contributed by atoms with E-state index in [-0.39, 0.29) is 37.5 Å². The number of halogens is 3. The van der Waals surface area contributed by atoms with Crippen molar-refractivity contribution in [3.05, 3.63) is 41.0 Å². The fourth-order valence-electron chi connectivity index (χ4n) is 4.01. The van der Waals surface area contributed by atoms with Crippen molar-refractivity contribution in [1.82, 2.24) is 4.90 Å². The topological polar surface area (TPSA) is 55.8 Å². The summed E-state index contributed by atoms with van der Waals surface area (Å²) >= 11 is 0. The van der Waals surface area contributed by atoms with E-state index in [2.05, 4.69) is 6.58 Å². The summed E-state index contributed by atoms with van der Waals surface area (Å²) in [5, 5.41) is 0. The van der Waals surface area contributed by atoms with Crippen LogP contribution in [0.2, 0.25) is 0 Å². The molecule has 1 heterocycles. The van der Waals surface area contributed by atoms with Gasteiger partial charge in [0.05, 0.1) is 18.2 Å². The molecule has 1 aromatic rings. The van der Waals surface area contributed by atoms with Gasteiger partial charge in [-0.3, -0.25) is 4.79 Å². The number of benzene rings is 1. The zero-order chi connectivity index (χ0) is 26.4. The Morgan fingerprint density at radius 2 is 1.77 bits per heavy atom. The van der Waals surface area contributed by atoms with Gasteiger partial charge in [0, 0.05) is 13.0 Å². The quantitative estimate of drug-likeness (QED) is 0.249. The molecule has 2 rings (SSSR count). The molecule has 1 aromatic carbocycles. The summed E-state index contributed by atoms with van der Waals surface area (Å²) in [6.45, 7) is 13.3. The van der Waals surface area contributed by atoms with Crippen LogP contribution in [-0.4, -0.2) is 35.5 Å². The van der Waals surface area contributed by atoms with E-state index in [0.29, 0.717) is 29.5 Å². The number of carbonyl (C=O) groups excluding carboxylic acids is 2. The van der Waals surface area contributed by atoms with Crippen LogP contribution in [0.5, 0.6) is 5.75 Å². The summed E-state index contributed by atoms with van der Waals surface area (Å²) in [7, 11) is 0. The zero-order valence-corrected chi connectivity index (χ0v) is 21.5. The van der Waals surface area contributed by atoms with E-state index in [4.69, 9.17) is 9.47 Å². The number of carbonyl (C=O) groups is 2. The molecule has 196 valence electrons. The van der Waals surface area contributed by atoms with Crippen LogP contribution in [0.15, 0.2) is 24.3 Å². The summed E-state index contributed by atoms with van der Waals surface area (Å²) in [6.07, 6.45) is -1.41. The Morgan fingerprint density at radius 3 is 2.34 bits per heavy atom. The van der Waals surface area contributed by atoms with E-state index in [1.807, 2.05) is 13.8 Å². The van der Waals surface area contributed by atoms with Gasteiger partial charge < -0.3 is 14.4 Å². The molecule has 0 saturated heterocycles. The van der Waals surface area contributed by atoms with Crippen molar-refractivity contribution >= 4 is 11.9 Å². The Labute approximate surface area is 206 Å². The number of unbranched alkanes of at least 4 members (excludes halogenated alkanes) is 2. The van der Waals surface area contributed by atoms with Crippen LogP contribution < -0.4 is 4.74 Å². The third-order valence-electron chi connectivity index (χ3n) is 5.89. The molecule has 0 radical (unpaired) electrons. The lowest BCUT2D eigenvalue weighted by Gasteiger charge is -2.38. The maximum Gasteiger partial charge on any atom is 0.419 e. The van der Waals surface area contributed by atoms with Gasteiger partial charge in [0.2, 0.25) is 0 Å². The number of allylic oxidation sites excluding steroid dienone is 1. The van der Waals surface area contributed by atoms with Gasteiger partial charge in [0.1, 0.15) is 11.4 Å². The third kappa shape index (κ3) is 8.00. The Bertz CT molecular complexity index is 918. The molecule has 0 bridgehead atoms. The van der Waals surface area contributed by atoms with Crippen molar-refractivity contribution in [2.24, 2.45) is 0 Å². The van der Waals surface area contributed by atoms with Crippen molar-refractivity contribution in [3.8, 4) is 5.75 Å². The number of ether oxygens (including phenoxy) is 2. The Balaban J connectivity index is 2.52. The summed E-state index contributed by atoms with van der Waals surface area (Å²) in [5.41, 5.74) is -0.203. The molecular weight excluding hydrogens is 459 g/mol. The molecule has 0 saturated carbocycles. The van der Waals surface area contributed by atoms with Gasteiger partial charge in [-0.15, -0.1) is 0 Å². The van der Waals surface area contributed by atoms with Gasteiger partial charge >= 0.3 is 12.3 Å². The van der Waals surface area contributed by atoms with Crippen LogP contribution in [0.25, 0.3) is 0 Å². The van der Waals surface area contributed by atoms with E-state index < -0.39 is 29.5 Å². The highest BCUT2D eigenvalue weighted by atomic mass is 19.4. The van der Waals surface area contributed by atoms with Gasteiger partial charge in [-0.1, -0.05) is 33.3 Å². The minimum atomic E-state index is -4.58. The number of rotatable bonds is 10. The number of nitrogens with zero attached hydrogens (tertiary/aromatic N) is 1. The van der Waals surface area contributed by atoms with E-state index in [0.717, 1.165) is 25.3 Å². The van der Waals surface area contributed by atoms with Crippen LogP contribution in [0.1, 0.15) is 95.9 Å². The van der Waals surface area contributed by atoms with E-state index in [9.17, 15) is 22.8 Å². The molecule has 0 aromatic heterocycles. The van der Waals surface area contributed by atoms with Crippen LogP contribution >= 0.6 is 0 Å². The van der Waals surface area contributed by atoms with Crippen molar-refractivity contribution < 1.29 is 32.2 Å². The first-order chi connectivity index (χ1) is 16.3. The predicted octanol–water partition coefficient (Wildman–Crippen LogP) is 7.42. The maximum absolute atomic E-state index is 13.8. The molecule has 0 spiro atoms. The fraction of sp³-hybridized carbons (Fsp3) is 0.630. The monoisotopic (exact) mass is 497 g/mol. The largest absolute Gasteiger partial charge is 0.493 e. The predicted molar refractivity (Wildman–Crippen MR) is 130 cm³/mol. The normalized spacial score (nSPS) is 16.0. The number of alkyl halides is 3. The maximum atomic E-state index is 13.8. The number of amides is 1. The van der Waals surface area contributed by atoms with E-state index >= 15 is 0 Å². The van der Waals surface area contributed by atoms with Gasteiger partial charge in [0.25, 0.3) is 0 Å². The molecule has 0 unspecified atom stereocenters. The van der Waals surface area contributed by atoms with Crippen LogP contribution in [0.3, 0.4) is 0 Å². The third-order valence-corrected chi connectivity index (χ3v) is 5.89. The second kappa shape index (κ2) is 12.0. The summed E-state index contributed by atoms with van der Waals surface area (Å²) in [6, 6.07) is 1.69. The zero-order valence-electron chi connectivity index (χ0n) is 21.5. The standard InChI is InChI=1S/C27H38F3NO4/c1-7-9-11-18(3)23(32)17-22-20-16-24(34-14-10-8-2)21(27(28,29)30)15-19(20)12-13-31(22)25(33)35-26(4,5)6/h15-16,22H,3,7-14,17H2,1-2,4-6H3/t22-/m0/s1. The highest BCUT2D eigenvalue weighted by molar-refractivity contribution is 5.95. The first kappa shape index (κ1) is 28.7. The number of ketones is 1. The molecule has 1 amide bonds. The average molecular weight is 498 g/mol. The first-order valence-corrected chi connectivity index (χ1v) is 12.4. The van der Waals surface area contributed by atoms with E-state index in [1.54, 1.807) is 20.8 Å². The fourth-order valence-corrected chi connectivity index (χ4v) is 4.01. The van der Waals surface area contributed by atoms with Gasteiger partial charge in [0.15, 0.2) is 5.78 Å². The van der Waals surface area contributed by atoms with Crippen molar-refractivity contribution in [3.63, 3.8) is 0 Å². The van der Waals surface area contributed by atoms with Crippen molar-refractivity contribution in [1.29, 1.82) is 0 Å². The molecule has 5 nitrogen and oxygen atoms in total. The second-order valence-electron chi connectivity index (χ2n) is 10.0. The molecule has 0 N–H and O–H groups in total. The van der Waals surface area contributed by atoms with Gasteiger partial charge in [-0.2, -0.15) is 13.2 Å². The Morgan fingerprint density at radius 1 is 1.11 bits per heavy atom. The Hall–Kier alpha value is -2.51. The molecule has 8 heteroatoms. The summed E-state index contributed by atoms with van der Waals surface area (Å²) in [4.78, 5) is 27.5. The highest BCUT2D eigenvalue weighted by Gasteiger charge is 2.40. The molecule has 0 fully saturated rings. The minimum absolute atomic E-state index is 0.0748. The number of hydrogen-bond donors (Lipinski definition) is 0.